The second kappa shape index (κ2) is 6.46. The lowest BCUT2D eigenvalue weighted by atomic mass is 9.83. The molecule has 1 aromatic heterocycles. The van der Waals surface area contributed by atoms with Gasteiger partial charge in [-0.3, -0.25) is 4.79 Å². The third-order valence-electron chi connectivity index (χ3n) is 4.96. The molecule has 1 N–H and O–H groups in total. The van der Waals surface area contributed by atoms with Crippen LogP contribution < -0.4 is 10.2 Å². The zero-order chi connectivity index (χ0) is 16.4. The van der Waals surface area contributed by atoms with E-state index in [1.165, 1.54) is 25.0 Å². The van der Waals surface area contributed by atoms with Crippen LogP contribution in [0.3, 0.4) is 0 Å². The molecule has 2 aliphatic rings. The molecule has 2 heterocycles. The summed E-state index contributed by atoms with van der Waals surface area (Å²) in [6, 6.07) is 2.36. The summed E-state index contributed by atoms with van der Waals surface area (Å²) in [6.45, 7) is 7.71. The second-order valence-electron chi connectivity index (χ2n) is 7.94. The van der Waals surface area contributed by atoms with E-state index in [4.69, 9.17) is 0 Å². The van der Waals surface area contributed by atoms with Gasteiger partial charge in [0.15, 0.2) is 0 Å². The number of amides is 1. The molecule has 0 aromatic carbocycles. The van der Waals surface area contributed by atoms with E-state index >= 15 is 0 Å². The van der Waals surface area contributed by atoms with Gasteiger partial charge in [0.2, 0.25) is 5.91 Å². The second-order valence-corrected chi connectivity index (χ2v) is 7.94. The maximum atomic E-state index is 12.2. The highest BCUT2D eigenvalue weighted by atomic mass is 16.2. The summed E-state index contributed by atoms with van der Waals surface area (Å²) in [4.78, 5) is 23.4. The number of aromatic nitrogens is 2. The van der Waals surface area contributed by atoms with Crippen molar-refractivity contribution in [3.8, 4) is 0 Å². The molecular weight excluding hydrogens is 288 g/mol. The molecule has 0 bridgehead atoms. The van der Waals surface area contributed by atoms with Crippen molar-refractivity contribution in [3.63, 3.8) is 0 Å². The Morgan fingerprint density at radius 2 is 2.00 bits per heavy atom. The van der Waals surface area contributed by atoms with Gasteiger partial charge in [-0.1, -0.05) is 27.2 Å². The molecule has 23 heavy (non-hydrogen) atoms. The van der Waals surface area contributed by atoms with E-state index in [0.717, 1.165) is 31.7 Å². The maximum Gasteiger partial charge on any atom is 0.225 e. The van der Waals surface area contributed by atoms with Crippen molar-refractivity contribution in [1.29, 1.82) is 0 Å². The summed E-state index contributed by atoms with van der Waals surface area (Å²) >= 11 is 0. The molecule has 1 unspecified atom stereocenters. The number of carbonyl (C=O) groups is 1. The van der Waals surface area contributed by atoms with Crippen LogP contribution in [0.25, 0.3) is 0 Å². The van der Waals surface area contributed by atoms with Gasteiger partial charge in [-0.05, 0) is 25.7 Å². The van der Waals surface area contributed by atoms with Crippen molar-refractivity contribution in [1.82, 2.24) is 15.3 Å². The van der Waals surface area contributed by atoms with Gasteiger partial charge in [0.25, 0.3) is 0 Å². The average molecular weight is 316 g/mol. The lowest BCUT2D eigenvalue weighted by Gasteiger charge is -2.35. The van der Waals surface area contributed by atoms with Crippen LogP contribution in [0.4, 0.5) is 5.82 Å². The van der Waals surface area contributed by atoms with Gasteiger partial charge in [-0.15, -0.1) is 0 Å². The molecule has 126 valence electrons. The number of hydrogen-bond donors (Lipinski definition) is 1. The maximum absolute atomic E-state index is 12.2. The van der Waals surface area contributed by atoms with E-state index in [-0.39, 0.29) is 17.4 Å². The van der Waals surface area contributed by atoms with E-state index in [1.807, 2.05) is 20.8 Å². The van der Waals surface area contributed by atoms with Crippen molar-refractivity contribution in [2.24, 2.45) is 5.41 Å². The summed E-state index contributed by atoms with van der Waals surface area (Å²) in [7, 11) is 0. The van der Waals surface area contributed by atoms with Crippen molar-refractivity contribution in [2.75, 3.05) is 18.0 Å². The van der Waals surface area contributed by atoms with Crippen LogP contribution in [0.15, 0.2) is 12.4 Å². The SMILES string of the molecule is CC(C)(C)C(=O)NC1CCCN(c2cc(C3CCC3)ncn2)C1. The lowest BCUT2D eigenvalue weighted by Crippen LogP contribution is -2.50. The van der Waals surface area contributed by atoms with Gasteiger partial charge in [0.1, 0.15) is 12.1 Å². The van der Waals surface area contributed by atoms with E-state index in [2.05, 4.69) is 26.3 Å². The first-order valence-corrected chi connectivity index (χ1v) is 8.81. The summed E-state index contributed by atoms with van der Waals surface area (Å²) in [6.07, 6.45) is 7.63. The topological polar surface area (TPSA) is 58.1 Å². The van der Waals surface area contributed by atoms with E-state index < -0.39 is 0 Å². The molecule has 1 aliphatic heterocycles. The molecule has 1 amide bonds. The molecule has 1 atom stereocenters. The van der Waals surface area contributed by atoms with Gasteiger partial charge < -0.3 is 10.2 Å². The number of rotatable bonds is 3. The molecule has 1 saturated carbocycles. The largest absolute Gasteiger partial charge is 0.354 e. The Kier molecular flexibility index (Phi) is 4.55. The average Bonchev–Trinajstić information content (AvgIpc) is 2.45. The summed E-state index contributed by atoms with van der Waals surface area (Å²) in [5.74, 6) is 1.76. The number of nitrogens with one attached hydrogen (secondary N) is 1. The van der Waals surface area contributed by atoms with E-state index in [9.17, 15) is 4.79 Å². The molecule has 1 aliphatic carbocycles. The normalized spacial score (nSPS) is 22.6. The number of anilines is 1. The lowest BCUT2D eigenvalue weighted by molar-refractivity contribution is -0.129. The Morgan fingerprint density at radius 3 is 2.65 bits per heavy atom. The first-order chi connectivity index (χ1) is 10.9. The Balaban J connectivity index is 1.65. The molecule has 0 spiro atoms. The van der Waals surface area contributed by atoms with Crippen LogP contribution in [-0.2, 0) is 4.79 Å². The van der Waals surface area contributed by atoms with Crippen LogP contribution in [0.1, 0.15) is 64.5 Å². The first-order valence-electron chi connectivity index (χ1n) is 8.81. The first kappa shape index (κ1) is 16.2. The third-order valence-corrected chi connectivity index (χ3v) is 4.96. The molecule has 2 fully saturated rings. The molecular formula is C18H28N4O. The van der Waals surface area contributed by atoms with Gasteiger partial charge in [0.05, 0.1) is 0 Å². The molecule has 3 rings (SSSR count). The smallest absolute Gasteiger partial charge is 0.225 e. The summed E-state index contributed by atoms with van der Waals surface area (Å²) in [5.41, 5.74) is 0.844. The minimum absolute atomic E-state index is 0.127. The van der Waals surface area contributed by atoms with Gasteiger partial charge in [-0.2, -0.15) is 0 Å². The highest BCUT2D eigenvalue weighted by Gasteiger charge is 2.28. The molecule has 1 aromatic rings. The predicted molar refractivity (Wildman–Crippen MR) is 91.5 cm³/mol. The monoisotopic (exact) mass is 316 g/mol. The fraction of sp³-hybridized carbons (Fsp3) is 0.722. The standard InChI is InChI=1S/C18H28N4O/c1-18(2,3)17(23)21-14-8-5-9-22(11-14)16-10-15(19-12-20-16)13-6-4-7-13/h10,12-14H,4-9,11H2,1-3H3,(H,21,23). The van der Waals surface area contributed by atoms with Crippen molar-refractivity contribution in [2.45, 2.75) is 64.8 Å². The van der Waals surface area contributed by atoms with Gasteiger partial charge in [-0.25, -0.2) is 9.97 Å². The van der Waals surface area contributed by atoms with Gasteiger partial charge >= 0.3 is 0 Å². The number of carbonyl (C=O) groups excluding carboxylic acids is 1. The fourth-order valence-corrected chi connectivity index (χ4v) is 3.17. The van der Waals surface area contributed by atoms with Crippen LogP contribution >= 0.6 is 0 Å². The van der Waals surface area contributed by atoms with Crippen molar-refractivity contribution in [3.05, 3.63) is 18.1 Å². The fourth-order valence-electron chi connectivity index (χ4n) is 3.17. The Morgan fingerprint density at radius 1 is 1.22 bits per heavy atom. The molecule has 5 heteroatoms. The number of nitrogens with zero attached hydrogens (tertiary/aromatic N) is 3. The molecule has 5 nitrogen and oxygen atoms in total. The van der Waals surface area contributed by atoms with Crippen LogP contribution in [0.2, 0.25) is 0 Å². The molecule has 1 saturated heterocycles. The highest BCUT2D eigenvalue weighted by Crippen LogP contribution is 2.36. The Hall–Kier alpha value is -1.65. The number of piperidine rings is 1. The zero-order valence-corrected chi connectivity index (χ0v) is 14.5. The highest BCUT2D eigenvalue weighted by molar-refractivity contribution is 5.81. The quantitative estimate of drug-likeness (QED) is 0.931. The summed E-state index contributed by atoms with van der Waals surface area (Å²) in [5, 5.41) is 3.19. The van der Waals surface area contributed by atoms with Crippen LogP contribution in [0, 0.1) is 5.41 Å². The third kappa shape index (κ3) is 3.82. The molecule has 0 radical (unpaired) electrons. The number of hydrogen-bond acceptors (Lipinski definition) is 4. The van der Waals surface area contributed by atoms with Crippen molar-refractivity contribution >= 4 is 11.7 Å². The van der Waals surface area contributed by atoms with Crippen LogP contribution in [-0.4, -0.2) is 35.0 Å². The van der Waals surface area contributed by atoms with Gasteiger partial charge in [0, 0.05) is 42.2 Å². The minimum Gasteiger partial charge on any atom is -0.354 e. The Bertz CT molecular complexity index is 562. The van der Waals surface area contributed by atoms with Crippen molar-refractivity contribution < 1.29 is 4.79 Å². The Labute approximate surface area is 138 Å². The predicted octanol–water partition coefficient (Wildman–Crippen LogP) is 2.88. The minimum atomic E-state index is -0.339. The van der Waals surface area contributed by atoms with Crippen LogP contribution in [0.5, 0.6) is 0 Å². The zero-order valence-electron chi connectivity index (χ0n) is 14.5. The summed E-state index contributed by atoms with van der Waals surface area (Å²) < 4.78 is 0. The van der Waals surface area contributed by atoms with E-state index in [1.54, 1.807) is 6.33 Å². The van der Waals surface area contributed by atoms with E-state index in [0.29, 0.717) is 5.92 Å².